The van der Waals surface area contributed by atoms with Crippen LogP contribution in [0.4, 0.5) is 4.79 Å². The maximum absolute atomic E-state index is 13.3. The van der Waals surface area contributed by atoms with Gasteiger partial charge in [0, 0.05) is 19.1 Å². The molecule has 0 heterocycles. The highest BCUT2D eigenvalue weighted by Crippen LogP contribution is 2.44. The van der Waals surface area contributed by atoms with Crippen LogP contribution in [-0.4, -0.2) is 66.4 Å². The molecule has 2 aromatic rings. The van der Waals surface area contributed by atoms with Crippen molar-refractivity contribution in [2.75, 3.05) is 26.9 Å². The van der Waals surface area contributed by atoms with E-state index in [0.29, 0.717) is 6.42 Å². The topological polar surface area (TPSA) is 105 Å². The number of alkyl carbamates (subject to hydrolysis) is 1. The fraction of sp³-hybridized carbons (Fsp3) is 0.423. The molecule has 2 atom stereocenters. The number of nitrogens with zero attached hydrogens (tertiary/aromatic N) is 1. The standard InChI is InChI=1S/C26H32N2O6/c1-5-17(2)28(14-23(29)30)24(31)26(3,16-33-4)27-25(32)34-15-22-20-12-8-6-10-18(20)19-11-7-9-13-21(19)22/h6-13,17,22H,5,14-16H2,1-4H3,(H,27,32)(H,29,30). The van der Waals surface area contributed by atoms with Crippen LogP contribution in [0.1, 0.15) is 44.2 Å². The Hall–Kier alpha value is -3.39. The fourth-order valence-corrected chi connectivity index (χ4v) is 4.41. The number of carboxylic acid groups (broad SMARTS) is 1. The van der Waals surface area contributed by atoms with Gasteiger partial charge in [-0.15, -0.1) is 0 Å². The van der Waals surface area contributed by atoms with E-state index >= 15 is 0 Å². The molecule has 2 aromatic carbocycles. The first kappa shape index (κ1) is 25.2. The Morgan fingerprint density at radius 1 is 1.09 bits per heavy atom. The van der Waals surface area contributed by atoms with Gasteiger partial charge in [-0.05, 0) is 42.5 Å². The maximum atomic E-state index is 13.3. The molecule has 1 aliphatic rings. The van der Waals surface area contributed by atoms with Crippen molar-refractivity contribution in [3.63, 3.8) is 0 Å². The highest BCUT2D eigenvalue weighted by Gasteiger charge is 2.41. The van der Waals surface area contributed by atoms with Crippen LogP contribution in [0.2, 0.25) is 0 Å². The quantitative estimate of drug-likeness (QED) is 0.552. The van der Waals surface area contributed by atoms with Crippen LogP contribution >= 0.6 is 0 Å². The van der Waals surface area contributed by atoms with Gasteiger partial charge < -0.3 is 24.8 Å². The van der Waals surface area contributed by atoms with E-state index in [0.717, 1.165) is 22.3 Å². The summed E-state index contributed by atoms with van der Waals surface area (Å²) in [4.78, 5) is 38.7. The van der Waals surface area contributed by atoms with E-state index in [2.05, 4.69) is 17.4 Å². The summed E-state index contributed by atoms with van der Waals surface area (Å²) in [6.45, 7) is 4.63. The molecule has 2 unspecified atom stereocenters. The Labute approximate surface area is 199 Å². The Kier molecular flexibility index (Phi) is 7.94. The zero-order valence-electron chi connectivity index (χ0n) is 20.0. The average molecular weight is 469 g/mol. The first-order chi connectivity index (χ1) is 16.2. The number of amides is 2. The van der Waals surface area contributed by atoms with Crippen molar-refractivity contribution in [3.8, 4) is 11.1 Å². The van der Waals surface area contributed by atoms with E-state index in [4.69, 9.17) is 9.47 Å². The normalized spacial score (nSPS) is 14.9. The lowest BCUT2D eigenvalue weighted by Crippen LogP contribution is -2.62. The minimum atomic E-state index is -1.49. The molecule has 0 aliphatic heterocycles. The van der Waals surface area contributed by atoms with Crippen LogP contribution in [0.5, 0.6) is 0 Å². The molecule has 0 bridgehead atoms. The lowest BCUT2D eigenvalue weighted by Gasteiger charge is -2.36. The molecule has 0 saturated carbocycles. The number of hydrogen-bond acceptors (Lipinski definition) is 5. The minimum absolute atomic E-state index is 0.0985. The third kappa shape index (κ3) is 5.22. The Morgan fingerprint density at radius 3 is 2.15 bits per heavy atom. The van der Waals surface area contributed by atoms with Gasteiger partial charge in [0.15, 0.2) is 0 Å². The molecule has 0 saturated heterocycles. The third-order valence-corrected chi connectivity index (χ3v) is 6.32. The van der Waals surface area contributed by atoms with Crippen LogP contribution in [0.3, 0.4) is 0 Å². The number of benzene rings is 2. The summed E-state index contributed by atoms with van der Waals surface area (Å²) in [5.41, 5.74) is 2.90. The smallest absolute Gasteiger partial charge is 0.408 e. The van der Waals surface area contributed by atoms with Crippen molar-refractivity contribution < 1.29 is 29.0 Å². The number of methoxy groups -OCH3 is 1. The number of fused-ring (bicyclic) bond motifs is 3. The predicted octanol–water partition coefficient (Wildman–Crippen LogP) is 3.64. The summed E-state index contributed by atoms with van der Waals surface area (Å²) in [7, 11) is 1.41. The van der Waals surface area contributed by atoms with E-state index in [-0.39, 0.29) is 25.2 Å². The summed E-state index contributed by atoms with van der Waals surface area (Å²) < 4.78 is 10.8. The monoisotopic (exact) mass is 468 g/mol. The zero-order valence-corrected chi connectivity index (χ0v) is 20.0. The minimum Gasteiger partial charge on any atom is -0.480 e. The van der Waals surface area contributed by atoms with E-state index in [1.807, 2.05) is 43.3 Å². The van der Waals surface area contributed by atoms with Gasteiger partial charge >= 0.3 is 12.1 Å². The lowest BCUT2D eigenvalue weighted by molar-refractivity contribution is -0.150. The van der Waals surface area contributed by atoms with Crippen LogP contribution in [0, 0.1) is 0 Å². The second-order valence-corrected chi connectivity index (χ2v) is 8.80. The molecule has 8 heteroatoms. The van der Waals surface area contributed by atoms with Crippen molar-refractivity contribution in [3.05, 3.63) is 59.7 Å². The second kappa shape index (κ2) is 10.7. The van der Waals surface area contributed by atoms with Crippen LogP contribution < -0.4 is 5.32 Å². The van der Waals surface area contributed by atoms with Gasteiger partial charge in [-0.3, -0.25) is 9.59 Å². The van der Waals surface area contributed by atoms with Crippen molar-refractivity contribution in [1.29, 1.82) is 0 Å². The van der Waals surface area contributed by atoms with E-state index < -0.39 is 30.1 Å². The predicted molar refractivity (Wildman–Crippen MR) is 128 cm³/mol. The van der Waals surface area contributed by atoms with E-state index in [9.17, 15) is 19.5 Å². The number of carbonyl (C=O) groups excluding carboxylic acids is 2. The summed E-state index contributed by atoms with van der Waals surface area (Å²) in [6, 6.07) is 15.7. The van der Waals surface area contributed by atoms with Gasteiger partial charge in [0.05, 0.1) is 6.61 Å². The molecule has 1 aliphatic carbocycles. The van der Waals surface area contributed by atoms with Crippen LogP contribution in [0.25, 0.3) is 11.1 Å². The molecule has 2 N–H and O–H groups in total. The van der Waals surface area contributed by atoms with Gasteiger partial charge in [0.2, 0.25) is 0 Å². The summed E-state index contributed by atoms with van der Waals surface area (Å²) in [6.07, 6.45) is -0.207. The second-order valence-electron chi connectivity index (χ2n) is 8.80. The fourth-order valence-electron chi connectivity index (χ4n) is 4.41. The van der Waals surface area contributed by atoms with Gasteiger partial charge in [0.25, 0.3) is 5.91 Å². The highest BCUT2D eigenvalue weighted by atomic mass is 16.5. The summed E-state index contributed by atoms with van der Waals surface area (Å²) in [5, 5.41) is 11.9. The Bertz CT molecular complexity index is 1010. The maximum Gasteiger partial charge on any atom is 0.408 e. The summed E-state index contributed by atoms with van der Waals surface area (Å²) in [5.74, 6) is -1.79. The highest BCUT2D eigenvalue weighted by molar-refractivity contribution is 5.92. The molecule has 3 rings (SSSR count). The number of hydrogen-bond donors (Lipinski definition) is 2. The molecule has 34 heavy (non-hydrogen) atoms. The zero-order chi connectivity index (χ0) is 24.9. The number of carboxylic acids is 1. The first-order valence-corrected chi connectivity index (χ1v) is 11.4. The molecular weight excluding hydrogens is 436 g/mol. The molecule has 0 aromatic heterocycles. The molecule has 8 nitrogen and oxygen atoms in total. The molecular formula is C26H32N2O6. The number of nitrogens with one attached hydrogen (secondary N) is 1. The Morgan fingerprint density at radius 2 is 1.65 bits per heavy atom. The Balaban J connectivity index is 1.75. The molecule has 2 amide bonds. The number of rotatable bonds is 10. The largest absolute Gasteiger partial charge is 0.480 e. The van der Waals surface area contributed by atoms with Crippen molar-refractivity contribution in [2.24, 2.45) is 0 Å². The SMILES string of the molecule is CCC(C)N(CC(=O)O)C(=O)C(C)(COC)NC(=O)OCC1c2ccccc2-c2ccccc21. The van der Waals surface area contributed by atoms with Gasteiger partial charge in [-0.25, -0.2) is 4.79 Å². The number of carbonyl (C=O) groups is 3. The molecule has 0 fully saturated rings. The van der Waals surface area contributed by atoms with Crippen LogP contribution in [-0.2, 0) is 19.1 Å². The first-order valence-electron chi connectivity index (χ1n) is 11.4. The third-order valence-electron chi connectivity index (χ3n) is 6.32. The van der Waals surface area contributed by atoms with Crippen molar-refractivity contribution in [1.82, 2.24) is 10.2 Å². The lowest BCUT2D eigenvalue weighted by atomic mass is 9.98. The number of aliphatic carboxylic acids is 1. The molecule has 0 radical (unpaired) electrons. The molecule has 0 spiro atoms. The van der Waals surface area contributed by atoms with Crippen molar-refractivity contribution >= 4 is 18.0 Å². The number of ether oxygens (including phenoxy) is 2. The van der Waals surface area contributed by atoms with Gasteiger partial charge in [-0.1, -0.05) is 55.5 Å². The van der Waals surface area contributed by atoms with E-state index in [1.165, 1.54) is 18.9 Å². The molecule has 182 valence electrons. The van der Waals surface area contributed by atoms with E-state index in [1.54, 1.807) is 6.92 Å². The van der Waals surface area contributed by atoms with Gasteiger partial charge in [0.1, 0.15) is 18.7 Å². The van der Waals surface area contributed by atoms with Crippen molar-refractivity contribution in [2.45, 2.75) is 44.7 Å². The average Bonchev–Trinajstić information content (AvgIpc) is 3.14. The summed E-state index contributed by atoms with van der Waals surface area (Å²) >= 11 is 0. The van der Waals surface area contributed by atoms with Crippen LogP contribution in [0.15, 0.2) is 48.5 Å². The van der Waals surface area contributed by atoms with Gasteiger partial charge in [-0.2, -0.15) is 0 Å².